The summed E-state index contributed by atoms with van der Waals surface area (Å²) < 4.78 is 28.5. The Labute approximate surface area is 144 Å². The summed E-state index contributed by atoms with van der Waals surface area (Å²) in [4.78, 5) is 0.0721. The summed E-state index contributed by atoms with van der Waals surface area (Å²) >= 11 is 0. The van der Waals surface area contributed by atoms with Crippen LogP contribution in [0.2, 0.25) is 0 Å². The average molecular weight is 358 g/mol. The predicted molar refractivity (Wildman–Crippen MR) is 92.5 cm³/mol. The number of ether oxygens (including phenoxy) is 1. The molecule has 0 aliphatic carbocycles. The van der Waals surface area contributed by atoms with Crippen LogP contribution in [0.1, 0.15) is 11.1 Å². The van der Waals surface area contributed by atoms with E-state index < -0.39 is 9.05 Å². The molecular formula is C18H12ClNO3S. The molecule has 0 aromatic heterocycles. The van der Waals surface area contributed by atoms with Crippen molar-refractivity contribution in [1.82, 2.24) is 0 Å². The van der Waals surface area contributed by atoms with Gasteiger partial charge >= 0.3 is 0 Å². The summed E-state index contributed by atoms with van der Waals surface area (Å²) in [7, 11) is 1.62. The van der Waals surface area contributed by atoms with E-state index in [0.29, 0.717) is 17.9 Å². The monoisotopic (exact) mass is 357 g/mol. The van der Waals surface area contributed by atoms with Crippen molar-refractivity contribution in [3.63, 3.8) is 0 Å². The van der Waals surface area contributed by atoms with Crippen LogP contribution in [0.25, 0.3) is 10.8 Å². The Morgan fingerprint density at radius 3 is 2.29 bits per heavy atom. The van der Waals surface area contributed by atoms with Gasteiger partial charge in [0.2, 0.25) is 0 Å². The number of hydrogen-bond donors (Lipinski definition) is 0. The molecule has 120 valence electrons. The molecule has 0 unspecified atom stereocenters. The zero-order valence-corrected chi connectivity index (χ0v) is 14.0. The van der Waals surface area contributed by atoms with Crippen LogP contribution in [-0.2, 0) is 15.7 Å². The fraction of sp³-hybridized carbons (Fsp3) is 0.0556. The molecule has 0 N–H and O–H groups in total. The van der Waals surface area contributed by atoms with Crippen molar-refractivity contribution in [3.05, 3.63) is 71.8 Å². The molecular weight excluding hydrogens is 346 g/mol. The van der Waals surface area contributed by atoms with Gasteiger partial charge in [-0.1, -0.05) is 24.3 Å². The van der Waals surface area contributed by atoms with E-state index >= 15 is 0 Å². The lowest BCUT2D eigenvalue weighted by molar-refractivity contribution is 0.306. The molecule has 0 amide bonds. The molecule has 0 saturated heterocycles. The second kappa shape index (κ2) is 6.52. The molecule has 3 aromatic carbocycles. The minimum absolute atomic E-state index is 0.0721. The van der Waals surface area contributed by atoms with E-state index in [-0.39, 0.29) is 4.90 Å². The van der Waals surface area contributed by atoms with Gasteiger partial charge < -0.3 is 4.74 Å². The van der Waals surface area contributed by atoms with Gasteiger partial charge in [0.25, 0.3) is 9.05 Å². The highest BCUT2D eigenvalue weighted by molar-refractivity contribution is 8.13. The molecule has 0 radical (unpaired) electrons. The SMILES string of the molecule is N#Cc1ccc(COc2ccc3cc(S(=O)(=O)Cl)ccc3c2)cc1. The van der Waals surface area contributed by atoms with Gasteiger partial charge in [-0.3, -0.25) is 0 Å². The summed E-state index contributed by atoms with van der Waals surface area (Å²) in [5, 5.41) is 10.4. The smallest absolute Gasteiger partial charge is 0.261 e. The van der Waals surface area contributed by atoms with Gasteiger partial charge in [0.15, 0.2) is 0 Å². The standard InChI is InChI=1S/C18H12ClNO3S/c19-24(21,22)18-8-6-15-9-17(7-5-16(15)10-18)23-12-14-3-1-13(11-20)2-4-14/h1-10H,12H2. The van der Waals surface area contributed by atoms with Crippen LogP contribution in [-0.4, -0.2) is 8.42 Å². The van der Waals surface area contributed by atoms with Crippen LogP contribution in [0.15, 0.2) is 65.6 Å². The van der Waals surface area contributed by atoms with Gasteiger partial charge in [-0.25, -0.2) is 8.42 Å². The number of benzene rings is 3. The molecule has 3 aromatic rings. The number of nitriles is 1. The van der Waals surface area contributed by atoms with E-state index in [1.54, 1.807) is 30.3 Å². The van der Waals surface area contributed by atoms with Crippen molar-refractivity contribution in [2.24, 2.45) is 0 Å². The van der Waals surface area contributed by atoms with Crippen molar-refractivity contribution in [3.8, 4) is 11.8 Å². The summed E-state index contributed by atoms with van der Waals surface area (Å²) in [6, 6.07) is 19.3. The molecule has 0 bridgehead atoms. The van der Waals surface area contributed by atoms with E-state index in [2.05, 4.69) is 6.07 Å². The van der Waals surface area contributed by atoms with Crippen molar-refractivity contribution in [2.75, 3.05) is 0 Å². The highest BCUT2D eigenvalue weighted by Crippen LogP contribution is 2.25. The van der Waals surface area contributed by atoms with Gasteiger partial charge in [-0.15, -0.1) is 0 Å². The largest absolute Gasteiger partial charge is 0.489 e. The number of hydrogen-bond acceptors (Lipinski definition) is 4. The molecule has 6 heteroatoms. The molecule has 0 saturated carbocycles. The molecule has 0 fully saturated rings. The fourth-order valence-electron chi connectivity index (χ4n) is 2.29. The molecule has 4 nitrogen and oxygen atoms in total. The maximum atomic E-state index is 11.4. The third-order valence-electron chi connectivity index (χ3n) is 3.55. The Balaban J connectivity index is 1.79. The maximum absolute atomic E-state index is 11.4. The number of fused-ring (bicyclic) bond motifs is 1. The number of rotatable bonds is 4. The summed E-state index contributed by atoms with van der Waals surface area (Å²) in [6.45, 7) is 0.380. The lowest BCUT2D eigenvalue weighted by atomic mass is 10.1. The molecule has 0 spiro atoms. The second-order valence-electron chi connectivity index (χ2n) is 5.21. The molecule has 24 heavy (non-hydrogen) atoms. The lowest BCUT2D eigenvalue weighted by Crippen LogP contribution is -1.95. The molecule has 0 heterocycles. The highest BCUT2D eigenvalue weighted by atomic mass is 35.7. The van der Waals surface area contributed by atoms with Gasteiger partial charge in [0.1, 0.15) is 12.4 Å². The minimum atomic E-state index is -3.74. The van der Waals surface area contributed by atoms with Crippen molar-refractivity contribution >= 4 is 30.5 Å². The van der Waals surface area contributed by atoms with Gasteiger partial charge in [-0.05, 0) is 52.7 Å². The number of halogens is 1. The molecule has 3 rings (SSSR count). The Hall–Kier alpha value is -2.55. The Morgan fingerprint density at radius 2 is 1.62 bits per heavy atom. The van der Waals surface area contributed by atoms with Crippen LogP contribution in [0, 0.1) is 11.3 Å². The van der Waals surface area contributed by atoms with Crippen molar-refractivity contribution in [2.45, 2.75) is 11.5 Å². The fourth-order valence-corrected chi connectivity index (χ4v) is 3.07. The normalized spacial score (nSPS) is 11.2. The van der Waals surface area contributed by atoms with Crippen molar-refractivity contribution in [1.29, 1.82) is 5.26 Å². The summed E-state index contributed by atoms with van der Waals surface area (Å²) in [5.74, 6) is 0.674. The van der Waals surface area contributed by atoms with Crippen molar-refractivity contribution < 1.29 is 13.2 Å². The van der Waals surface area contributed by atoms with E-state index in [0.717, 1.165) is 16.3 Å². The highest BCUT2D eigenvalue weighted by Gasteiger charge is 2.10. The Kier molecular flexibility index (Phi) is 4.43. The minimum Gasteiger partial charge on any atom is -0.489 e. The first-order chi connectivity index (χ1) is 11.5. The molecule has 0 atom stereocenters. The van der Waals surface area contributed by atoms with Gasteiger partial charge in [0, 0.05) is 10.7 Å². The van der Waals surface area contributed by atoms with E-state index in [4.69, 9.17) is 20.7 Å². The molecule has 0 aliphatic heterocycles. The maximum Gasteiger partial charge on any atom is 0.261 e. The first kappa shape index (κ1) is 16.3. The van der Waals surface area contributed by atoms with Crippen LogP contribution >= 0.6 is 10.7 Å². The predicted octanol–water partition coefficient (Wildman–Crippen LogP) is 4.22. The second-order valence-corrected chi connectivity index (χ2v) is 7.77. The third kappa shape index (κ3) is 3.67. The van der Waals surface area contributed by atoms with Gasteiger partial charge in [-0.2, -0.15) is 5.26 Å². The zero-order chi connectivity index (χ0) is 17.2. The lowest BCUT2D eigenvalue weighted by Gasteiger charge is -2.08. The zero-order valence-electron chi connectivity index (χ0n) is 12.4. The topological polar surface area (TPSA) is 67.2 Å². The summed E-state index contributed by atoms with van der Waals surface area (Å²) in [6.07, 6.45) is 0. The van der Waals surface area contributed by atoms with E-state index in [9.17, 15) is 8.42 Å². The molecule has 0 aliphatic rings. The average Bonchev–Trinajstić information content (AvgIpc) is 2.59. The van der Waals surface area contributed by atoms with E-state index in [1.807, 2.05) is 18.2 Å². The first-order valence-electron chi connectivity index (χ1n) is 7.06. The third-order valence-corrected chi connectivity index (χ3v) is 4.90. The number of nitrogens with zero attached hydrogens (tertiary/aromatic N) is 1. The Morgan fingerprint density at radius 1 is 0.958 bits per heavy atom. The van der Waals surface area contributed by atoms with Crippen LogP contribution < -0.4 is 4.74 Å². The van der Waals surface area contributed by atoms with Crippen LogP contribution in [0.5, 0.6) is 5.75 Å². The quantitative estimate of drug-likeness (QED) is 0.656. The Bertz CT molecular complexity index is 1040. The van der Waals surface area contributed by atoms with Gasteiger partial charge in [0.05, 0.1) is 16.5 Å². The summed E-state index contributed by atoms with van der Waals surface area (Å²) in [5.41, 5.74) is 1.56. The first-order valence-corrected chi connectivity index (χ1v) is 9.37. The van der Waals surface area contributed by atoms with E-state index in [1.165, 1.54) is 12.1 Å². The van der Waals surface area contributed by atoms with Crippen LogP contribution in [0.3, 0.4) is 0 Å². The van der Waals surface area contributed by atoms with Crippen LogP contribution in [0.4, 0.5) is 0 Å².